The molecule has 2 unspecified atom stereocenters. The zero-order chi connectivity index (χ0) is 19.7. The van der Waals surface area contributed by atoms with Crippen molar-refractivity contribution in [1.29, 1.82) is 0 Å². The van der Waals surface area contributed by atoms with Crippen molar-refractivity contribution in [1.82, 2.24) is 0 Å². The van der Waals surface area contributed by atoms with E-state index in [1.165, 1.54) is 0 Å². The summed E-state index contributed by atoms with van der Waals surface area (Å²) in [5, 5.41) is 10.8. The van der Waals surface area contributed by atoms with Crippen molar-refractivity contribution in [3.8, 4) is 0 Å². The van der Waals surface area contributed by atoms with E-state index in [-0.39, 0.29) is 16.8 Å². The van der Waals surface area contributed by atoms with Gasteiger partial charge in [0.2, 0.25) is 0 Å². The van der Waals surface area contributed by atoms with Crippen LogP contribution in [0.5, 0.6) is 0 Å². The number of hydrogen-bond donors (Lipinski definition) is 1. The van der Waals surface area contributed by atoms with E-state index in [2.05, 4.69) is 6.58 Å². The van der Waals surface area contributed by atoms with Crippen molar-refractivity contribution < 1.29 is 27.7 Å². The molecule has 0 aliphatic carbocycles. The highest BCUT2D eigenvalue weighted by Gasteiger charge is 2.47. The Morgan fingerprint density at radius 3 is 2.56 bits per heavy atom. The standard InChI is InChI=1S/C20H28O6S/c1-4-8-17-16(13-27(22,23)15-9-6-5-7-10-15)19(21)18(25-17)11-14-12-24-20(2,3)26-14/h4-7,9-10,14,16-19,21H,1,8,11-13H2,2-3H3/t14?,16-,17-,18?,19+/m0/s1. The molecule has 2 saturated heterocycles. The predicted octanol–water partition coefficient (Wildman–Crippen LogP) is 2.32. The number of benzene rings is 1. The van der Waals surface area contributed by atoms with Crippen LogP contribution >= 0.6 is 0 Å². The zero-order valence-corrected chi connectivity index (χ0v) is 16.6. The number of ether oxygens (including phenoxy) is 3. The first kappa shape index (κ1) is 20.5. The molecule has 150 valence electrons. The van der Waals surface area contributed by atoms with Gasteiger partial charge in [0.25, 0.3) is 0 Å². The number of hydrogen-bond acceptors (Lipinski definition) is 6. The fourth-order valence-electron chi connectivity index (χ4n) is 3.81. The second-order valence-corrected chi connectivity index (χ2v) is 9.71. The summed E-state index contributed by atoms with van der Waals surface area (Å²) in [7, 11) is -3.53. The Hall–Kier alpha value is -1.25. The third kappa shape index (κ3) is 4.78. The molecule has 0 radical (unpaired) electrons. The van der Waals surface area contributed by atoms with E-state index in [0.29, 0.717) is 19.4 Å². The smallest absolute Gasteiger partial charge is 0.178 e. The average molecular weight is 397 g/mol. The first-order valence-electron chi connectivity index (χ1n) is 9.26. The number of aliphatic hydroxyl groups excluding tert-OH is 1. The van der Waals surface area contributed by atoms with Crippen LogP contribution in [0, 0.1) is 5.92 Å². The average Bonchev–Trinajstić information content (AvgIpc) is 3.10. The Morgan fingerprint density at radius 2 is 1.96 bits per heavy atom. The van der Waals surface area contributed by atoms with Gasteiger partial charge < -0.3 is 19.3 Å². The number of rotatable bonds is 7. The summed E-state index contributed by atoms with van der Waals surface area (Å²) < 4.78 is 43.0. The topological polar surface area (TPSA) is 82.1 Å². The largest absolute Gasteiger partial charge is 0.390 e. The van der Waals surface area contributed by atoms with Crippen LogP contribution in [-0.4, -0.2) is 56.1 Å². The third-order valence-corrected chi connectivity index (χ3v) is 6.94. The van der Waals surface area contributed by atoms with Gasteiger partial charge in [0.1, 0.15) is 0 Å². The first-order valence-corrected chi connectivity index (χ1v) is 10.9. The maximum Gasteiger partial charge on any atom is 0.178 e. The lowest BCUT2D eigenvalue weighted by Gasteiger charge is -2.21. The molecule has 5 atom stereocenters. The van der Waals surface area contributed by atoms with E-state index in [1.807, 2.05) is 13.8 Å². The molecule has 1 N–H and O–H groups in total. The molecule has 2 fully saturated rings. The van der Waals surface area contributed by atoms with Crippen LogP contribution in [0.2, 0.25) is 0 Å². The predicted molar refractivity (Wildman–Crippen MR) is 101 cm³/mol. The van der Waals surface area contributed by atoms with Gasteiger partial charge in [-0.25, -0.2) is 8.42 Å². The monoisotopic (exact) mass is 396 g/mol. The molecule has 7 heteroatoms. The first-order chi connectivity index (χ1) is 12.7. The molecular weight excluding hydrogens is 368 g/mol. The van der Waals surface area contributed by atoms with Crippen molar-refractivity contribution in [2.75, 3.05) is 12.4 Å². The van der Waals surface area contributed by atoms with Gasteiger partial charge in [0.15, 0.2) is 15.6 Å². The SMILES string of the molecule is C=CC[C@@H]1OC(CC2COC(C)(C)O2)[C@H](O)[C@H]1CS(=O)(=O)c1ccccc1. The van der Waals surface area contributed by atoms with Crippen LogP contribution in [-0.2, 0) is 24.0 Å². The molecule has 0 aromatic heterocycles. The summed E-state index contributed by atoms with van der Waals surface area (Å²) >= 11 is 0. The molecule has 0 amide bonds. The summed E-state index contributed by atoms with van der Waals surface area (Å²) in [6.45, 7) is 7.84. The second-order valence-electron chi connectivity index (χ2n) is 7.67. The minimum absolute atomic E-state index is 0.166. The van der Waals surface area contributed by atoms with Gasteiger partial charge in [-0.3, -0.25) is 0 Å². The van der Waals surface area contributed by atoms with Gasteiger partial charge in [0, 0.05) is 12.3 Å². The zero-order valence-electron chi connectivity index (χ0n) is 15.8. The van der Waals surface area contributed by atoms with Crippen molar-refractivity contribution in [2.45, 2.75) is 61.8 Å². The number of sulfone groups is 1. The summed E-state index contributed by atoms with van der Waals surface area (Å²) in [6.07, 6.45) is 0.676. The fourth-order valence-corrected chi connectivity index (χ4v) is 5.50. The lowest BCUT2D eigenvalue weighted by molar-refractivity contribution is -0.143. The van der Waals surface area contributed by atoms with Gasteiger partial charge >= 0.3 is 0 Å². The van der Waals surface area contributed by atoms with E-state index in [0.717, 1.165) is 0 Å². The highest BCUT2D eigenvalue weighted by atomic mass is 32.2. The molecule has 2 heterocycles. The molecular formula is C20H28O6S. The highest BCUT2D eigenvalue weighted by Crippen LogP contribution is 2.36. The lowest BCUT2D eigenvalue weighted by Crippen LogP contribution is -2.35. The van der Waals surface area contributed by atoms with Crippen LogP contribution < -0.4 is 0 Å². The van der Waals surface area contributed by atoms with Crippen molar-refractivity contribution in [3.63, 3.8) is 0 Å². The van der Waals surface area contributed by atoms with Crippen molar-refractivity contribution >= 4 is 9.84 Å². The van der Waals surface area contributed by atoms with E-state index in [4.69, 9.17) is 14.2 Å². The fraction of sp³-hybridized carbons (Fsp3) is 0.600. The Morgan fingerprint density at radius 1 is 1.26 bits per heavy atom. The Balaban J connectivity index is 1.72. The van der Waals surface area contributed by atoms with Crippen LogP contribution in [0.15, 0.2) is 47.9 Å². The quantitative estimate of drug-likeness (QED) is 0.713. The Labute approximate surface area is 161 Å². The minimum Gasteiger partial charge on any atom is -0.390 e. The minimum atomic E-state index is -3.53. The van der Waals surface area contributed by atoms with Crippen LogP contribution in [0.25, 0.3) is 0 Å². The van der Waals surface area contributed by atoms with Crippen molar-refractivity contribution in [3.05, 3.63) is 43.0 Å². The van der Waals surface area contributed by atoms with Gasteiger partial charge in [-0.05, 0) is 32.4 Å². The van der Waals surface area contributed by atoms with Gasteiger partial charge in [-0.1, -0.05) is 24.3 Å². The molecule has 27 heavy (non-hydrogen) atoms. The van der Waals surface area contributed by atoms with Crippen LogP contribution in [0.4, 0.5) is 0 Å². The molecule has 3 rings (SSSR count). The highest BCUT2D eigenvalue weighted by molar-refractivity contribution is 7.91. The van der Waals surface area contributed by atoms with E-state index in [1.54, 1.807) is 36.4 Å². The number of aliphatic hydroxyl groups is 1. The normalized spacial score (nSPS) is 33.2. The molecule has 6 nitrogen and oxygen atoms in total. The molecule has 1 aromatic carbocycles. The summed E-state index contributed by atoms with van der Waals surface area (Å²) in [5.74, 6) is -1.33. The van der Waals surface area contributed by atoms with Gasteiger partial charge in [-0.2, -0.15) is 0 Å². The molecule has 1 aromatic rings. The van der Waals surface area contributed by atoms with Crippen LogP contribution in [0.3, 0.4) is 0 Å². The maximum absolute atomic E-state index is 12.8. The Kier molecular flexibility index (Phi) is 6.08. The second kappa shape index (κ2) is 8.01. The maximum atomic E-state index is 12.8. The van der Waals surface area contributed by atoms with Gasteiger partial charge in [0.05, 0.1) is 41.7 Å². The molecule has 0 spiro atoms. The Bertz CT molecular complexity index is 745. The molecule has 0 bridgehead atoms. The van der Waals surface area contributed by atoms with E-state index in [9.17, 15) is 13.5 Å². The van der Waals surface area contributed by atoms with E-state index < -0.39 is 39.9 Å². The molecule has 2 aliphatic heterocycles. The third-order valence-electron chi connectivity index (χ3n) is 5.12. The van der Waals surface area contributed by atoms with Crippen molar-refractivity contribution in [2.24, 2.45) is 5.92 Å². The summed E-state index contributed by atoms with van der Waals surface area (Å²) in [4.78, 5) is 0.257. The van der Waals surface area contributed by atoms with E-state index >= 15 is 0 Å². The lowest BCUT2D eigenvalue weighted by atomic mass is 9.94. The molecule has 2 aliphatic rings. The summed E-state index contributed by atoms with van der Waals surface area (Å²) in [6, 6.07) is 8.30. The summed E-state index contributed by atoms with van der Waals surface area (Å²) in [5.41, 5.74) is 0. The van der Waals surface area contributed by atoms with Crippen LogP contribution in [0.1, 0.15) is 26.7 Å². The molecule has 0 saturated carbocycles. The van der Waals surface area contributed by atoms with Gasteiger partial charge in [-0.15, -0.1) is 6.58 Å².